The third-order valence-corrected chi connectivity index (χ3v) is 10.9. The Morgan fingerprint density at radius 3 is 2.23 bits per heavy atom. The van der Waals surface area contributed by atoms with Gasteiger partial charge in [0.05, 0.1) is 30.3 Å². The summed E-state index contributed by atoms with van der Waals surface area (Å²) in [6, 6.07) is 7.55. The highest BCUT2D eigenvalue weighted by molar-refractivity contribution is 5.95. The second-order valence-corrected chi connectivity index (χ2v) is 15.6. The predicted octanol–water partition coefficient (Wildman–Crippen LogP) is 1.84. The van der Waals surface area contributed by atoms with Gasteiger partial charge in [-0.1, -0.05) is 13.0 Å². The van der Waals surface area contributed by atoms with Gasteiger partial charge in [0, 0.05) is 74.3 Å². The van der Waals surface area contributed by atoms with Crippen molar-refractivity contribution in [3.63, 3.8) is 0 Å². The molecule has 0 saturated carbocycles. The topological polar surface area (TPSA) is 278 Å². The Kier molecular flexibility index (Phi) is 16.1. The van der Waals surface area contributed by atoms with Crippen LogP contribution in [-0.2, 0) is 59.0 Å². The van der Waals surface area contributed by atoms with E-state index in [-0.39, 0.29) is 55.4 Å². The molecule has 5 rings (SSSR count). The summed E-state index contributed by atoms with van der Waals surface area (Å²) in [5.74, 6) is -2.98. The number of nitrogens with two attached hydrogens (primary N) is 1. The maximum absolute atomic E-state index is 13.6. The number of aromatic nitrogens is 3. The van der Waals surface area contributed by atoms with Gasteiger partial charge >= 0.3 is 36.0 Å². The molecule has 350 valence electrons. The molecule has 0 unspecified atom stereocenters. The van der Waals surface area contributed by atoms with Crippen LogP contribution in [0.25, 0.3) is 11.0 Å². The third-order valence-electron chi connectivity index (χ3n) is 10.9. The average Bonchev–Trinajstić information content (AvgIpc) is 3.70. The first-order chi connectivity index (χ1) is 30.8. The number of hydrogen-bond acceptors (Lipinski definition) is 19. The number of ether oxygens (including phenoxy) is 7. The molecule has 2 aromatic heterocycles. The standard InChI is InChI=1S/C42H53N9O14/c1-23-12-15-50(32(55)11-14-43)20-30(23)49(7)37-28-13-16-51(38(28)46-22-45-37)41(57)47(5)17-18-48(6)42(58)60-21-27-9-10-31(29(44)19-27)64-40-36(63-26(4)54)34(62-25(3)53)33(61-24(2)52)35(65-40)39(56)59-8/h9-10,13,16,19,22-23,30,33-36,40H,11-12,15,17-18,20-21,44H2,1-8H3/t23-,30+,33+,34+,35+,36-,40-/m1/s1. The number of likely N-dealkylation sites (N-methyl/N-ethyl adjacent to an activating group) is 3. The number of carbonyl (C=O) groups is 7. The molecule has 0 spiro atoms. The van der Waals surface area contributed by atoms with Gasteiger partial charge in [-0.15, -0.1) is 0 Å². The minimum atomic E-state index is -1.68. The van der Waals surface area contributed by atoms with E-state index in [0.717, 1.165) is 34.3 Å². The van der Waals surface area contributed by atoms with Crippen molar-refractivity contribution in [3.8, 4) is 11.8 Å². The van der Waals surface area contributed by atoms with Crippen molar-refractivity contribution in [1.82, 2.24) is 29.2 Å². The van der Waals surface area contributed by atoms with Crippen LogP contribution in [-0.4, -0.2) is 162 Å². The summed E-state index contributed by atoms with van der Waals surface area (Å²) in [6.07, 6.45) is -5.16. The monoisotopic (exact) mass is 907 g/mol. The van der Waals surface area contributed by atoms with Gasteiger partial charge < -0.3 is 58.5 Å². The smallest absolute Gasteiger partial charge is 0.409 e. The summed E-state index contributed by atoms with van der Waals surface area (Å²) in [5.41, 5.74) is 7.13. The zero-order chi connectivity index (χ0) is 47.7. The van der Waals surface area contributed by atoms with Crippen LogP contribution in [0.2, 0.25) is 0 Å². The molecule has 65 heavy (non-hydrogen) atoms. The number of nitrogen functional groups attached to an aromatic ring is 1. The van der Waals surface area contributed by atoms with E-state index >= 15 is 0 Å². The number of methoxy groups -OCH3 is 1. The van der Waals surface area contributed by atoms with Crippen LogP contribution in [0.3, 0.4) is 0 Å². The minimum absolute atomic E-state index is 0.0123. The second kappa shape index (κ2) is 21.4. The number of anilines is 2. The van der Waals surface area contributed by atoms with Crippen LogP contribution < -0.4 is 15.4 Å². The molecular weight excluding hydrogens is 855 g/mol. The van der Waals surface area contributed by atoms with Crippen LogP contribution in [0.5, 0.6) is 5.75 Å². The summed E-state index contributed by atoms with van der Waals surface area (Å²) in [5, 5.41) is 9.66. The minimum Gasteiger partial charge on any atom is -0.467 e. The number of esters is 4. The second-order valence-electron chi connectivity index (χ2n) is 15.6. The molecular formula is C42H53N9O14. The molecule has 0 aliphatic carbocycles. The Balaban J connectivity index is 1.19. The highest BCUT2D eigenvalue weighted by Crippen LogP contribution is 2.34. The first-order valence-electron chi connectivity index (χ1n) is 20.5. The van der Waals surface area contributed by atoms with Crippen molar-refractivity contribution in [2.24, 2.45) is 5.92 Å². The molecule has 1 aromatic carbocycles. The quantitative estimate of drug-likeness (QED) is 0.137. The van der Waals surface area contributed by atoms with Crippen molar-refractivity contribution in [1.29, 1.82) is 5.26 Å². The van der Waals surface area contributed by atoms with Crippen LogP contribution in [0.1, 0.15) is 46.1 Å². The van der Waals surface area contributed by atoms with E-state index in [9.17, 15) is 33.6 Å². The lowest BCUT2D eigenvalue weighted by Gasteiger charge is -2.43. The maximum atomic E-state index is 13.6. The number of fused-ring (bicyclic) bond motifs is 1. The molecule has 2 aliphatic rings. The maximum Gasteiger partial charge on any atom is 0.409 e. The Hall–Kier alpha value is -7.22. The van der Waals surface area contributed by atoms with Crippen LogP contribution in [0, 0.1) is 17.2 Å². The van der Waals surface area contributed by atoms with Crippen molar-refractivity contribution >= 4 is 64.4 Å². The number of amides is 3. The van der Waals surface area contributed by atoms with Crippen molar-refractivity contribution in [3.05, 3.63) is 42.4 Å². The van der Waals surface area contributed by atoms with Crippen molar-refractivity contribution < 1.29 is 66.7 Å². The van der Waals surface area contributed by atoms with Crippen molar-refractivity contribution in [2.75, 3.05) is 65.1 Å². The fraction of sp³-hybridized carbons (Fsp3) is 0.524. The average molecular weight is 908 g/mol. The van der Waals surface area contributed by atoms with Gasteiger partial charge in [-0.25, -0.2) is 24.4 Å². The Bertz CT molecular complexity index is 2320. The van der Waals surface area contributed by atoms with Gasteiger partial charge in [0.1, 0.15) is 30.9 Å². The Labute approximate surface area is 374 Å². The highest BCUT2D eigenvalue weighted by atomic mass is 16.7. The molecule has 23 nitrogen and oxygen atoms in total. The molecule has 2 fully saturated rings. The van der Waals surface area contributed by atoms with E-state index in [1.807, 2.05) is 18.0 Å². The lowest BCUT2D eigenvalue weighted by Crippen LogP contribution is -2.64. The van der Waals surface area contributed by atoms with Gasteiger partial charge in [0.25, 0.3) is 0 Å². The lowest BCUT2D eigenvalue weighted by molar-refractivity contribution is -0.282. The summed E-state index contributed by atoms with van der Waals surface area (Å²) in [6.45, 7) is 6.30. The number of nitrogens with zero attached hydrogens (tertiary/aromatic N) is 8. The van der Waals surface area contributed by atoms with Gasteiger partial charge in [-0.3, -0.25) is 23.7 Å². The summed E-state index contributed by atoms with van der Waals surface area (Å²) >= 11 is 0. The predicted molar refractivity (Wildman–Crippen MR) is 225 cm³/mol. The van der Waals surface area contributed by atoms with E-state index in [1.54, 1.807) is 24.2 Å². The van der Waals surface area contributed by atoms with E-state index in [0.29, 0.717) is 35.5 Å². The normalized spacial score (nSPS) is 21.5. The third kappa shape index (κ3) is 11.7. The fourth-order valence-corrected chi connectivity index (χ4v) is 7.51. The number of piperidine rings is 1. The van der Waals surface area contributed by atoms with E-state index in [1.165, 1.54) is 45.9 Å². The lowest BCUT2D eigenvalue weighted by atomic mass is 9.92. The SMILES string of the molecule is COC(=O)[C@H]1O[C@@H](Oc2ccc(COC(=O)N(C)CCN(C)C(=O)n3ccc4c(N(C)[C@H]5CN(C(=O)CC#N)CC[C@H]5C)ncnc43)cc2N)[C@H](OC(C)=O)[C@@H](OC(C)=O)[C@@H]1OC(C)=O. The molecule has 3 aromatic rings. The molecule has 4 heterocycles. The zero-order valence-corrected chi connectivity index (χ0v) is 37.3. The molecule has 7 atom stereocenters. The molecule has 2 N–H and O–H groups in total. The first-order valence-corrected chi connectivity index (χ1v) is 20.5. The number of hydrogen-bond donors (Lipinski definition) is 1. The van der Waals surface area contributed by atoms with Crippen LogP contribution in [0.15, 0.2) is 36.8 Å². The molecule has 2 aliphatic heterocycles. The van der Waals surface area contributed by atoms with E-state index in [4.69, 9.17) is 44.2 Å². The zero-order valence-electron chi connectivity index (χ0n) is 37.3. The summed E-state index contributed by atoms with van der Waals surface area (Å²) in [7, 11) is 6.04. The largest absolute Gasteiger partial charge is 0.467 e. The molecule has 23 heteroatoms. The molecule has 0 radical (unpaired) electrons. The summed E-state index contributed by atoms with van der Waals surface area (Å²) in [4.78, 5) is 103. The van der Waals surface area contributed by atoms with Gasteiger partial charge in [-0.2, -0.15) is 5.26 Å². The number of likely N-dealkylation sites (tertiary alicyclic amines) is 1. The molecule has 2 saturated heterocycles. The molecule has 0 bridgehead atoms. The van der Waals surface area contributed by atoms with Crippen LogP contribution >= 0.6 is 0 Å². The van der Waals surface area contributed by atoms with Gasteiger partial charge in [-0.05, 0) is 36.1 Å². The number of rotatable bonds is 14. The Morgan fingerprint density at radius 1 is 0.923 bits per heavy atom. The number of benzene rings is 1. The number of carbonyl (C=O) groups excluding carboxylic acids is 7. The van der Waals surface area contributed by atoms with E-state index in [2.05, 4.69) is 16.9 Å². The van der Waals surface area contributed by atoms with E-state index < -0.39 is 66.7 Å². The highest BCUT2D eigenvalue weighted by Gasteiger charge is 2.56. The Morgan fingerprint density at radius 2 is 1.58 bits per heavy atom. The number of nitriles is 1. The van der Waals surface area contributed by atoms with Gasteiger partial charge in [0.2, 0.25) is 18.3 Å². The first kappa shape index (κ1) is 48.8. The fourth-order valence-electron chi connectivity index (χ4n) is 7.51. The summed E-state index contributed by atoms with van der Waals surface area (Å²) < 4.78 is 39.5. The van der Waals surface area contributed by atoms with Gasteiger partial charge in [0.15, 0.2) is 24.0 Å². The van der Waals surface area contributed by atoms with Crippen LogP contribution in [0.4, 0.5) is 21.1 Å². The van der Waals surface area contributed by atoms with Crippen molar-refractivity contribution in [2.45, 2.75) is 83.9 Å². The molecule has 3 amide bonds.